The second-order valence-corrected chi connectivity index (χ2v) is 6.95. The van der Waals surface area contributed by atoms with Crippen LogP contribution in [0.25, 0.3) is 0 Å². The molecule has 0 aliphatic rings. The van der Waals surface area contributed by atoms with E-state index < -0.39 is 0 Å². The molecule has 2 aromatic rings. The van der Waals surface area contributed by atoms with Crippen LogP contribution in [0.2, 0.25) is 0 Å². The zero-order valence-corrected chi connectivity index (χ0v) is 17.5. The molecule has 2 aromatic carbocycles. The number of anilines is 1. The van der Waals surface area contributed by atoms with Crippen LogP contribution in [0.1, 0.15) is 50.8 Å². The number of rotatable bonds is 9. The fourth-order valence-corrected chi connectivity index (χ4v) is 2.89. The summed E-state index contributed by atoms with van der Waals surface area (Å²) in [5.41, 5.74) is 3.26. The van der Waals surface area contributed by atoms with Crippen LogP contribution in [-0.4, -0.2) is 18.3 Å². The zero-order valence-electron chi connectivity index (χ0n) is 16.7. The predicted molar refractivity (Wildman–Crippen MR) is 117 cm³/mol. The molecule has 2 N–H and O–H groups in total. The summed E-state index contributed by atoms with van der Waals surface area (Å²) in [6.45, 7) is 9.67. The molecule has 0 amide bonds. The summed E-state index contributed by atoms with van der Waals surface area (Å²) in [6, 6.07) is 14.2. The van der Waals surface area contributed by atoms with Crippen molar-refractivity contribution in [3.63, 3.8) is 0 Å². The lowest BCUT2D eigenvalue weighted by Gasteiger charge is -2.20. The highest BCUT2D eigenvalue weighted by Crippen LogP contribution is 2.31. The van der Waals surface area contributed by atoms with Gasteiger partial charge in [0.1, 0.15) is 0 Å². The summed E-state index contributed by atoms with van der Waals surface area (Å²) in [6.07, 6.45) is 1.92. The van der Waals surface area contributed by atoms with E-state index in [1.807, 2.05) is 30.3 Å². The third-order valence-corrected chi connectivity index (χ3v) is 4.35. The summed E-state index contributed by atoms with van der Waals surface area (Å²) in [5, 5.41) is 7.20. The number of hydrogen-bond acceptors (Lipinski definition) is 3. The van der Waals surface area contributed by atoms with Crippen LogP contribution in [0, 0.1) is 6.92 Å². The Bertz CT molecular complexity index is 749. The molecule has 0 spiro atoms. The van der Waals surface area contributed by atoms with Gasteiger partial charge in [-0.05, 0) is 68.2 Å². The zero-order chi connectivity index (χ0) is 19.6. The average molecular weight is 387 g/mol. The van der Waals surface area contributed by atoms with Crippen LogP contribution in [0.4, 0.5) is 5.69 Å². The van der Waals surface area contributed by atoms with Crippen molar-refractivity contribution in [2.24, 2.45) is 0 Å². The molecular formula is C22H30N2O2S. The molecule has 2 rings (SSSR count). The lowest BCUT2D eigenvalue weighted by Crippen LogP contribution is -2.31. The van der Waals surface area contributed by atoms with Crippen LogP contribution in [0.5, 0.6) is 11.5 Å². The minimum atomic E-state index is 0.0400. The normalized spacial score (nSPS) is 11.6. The molecule has 0 fully saturated rings. The van der Waals surface area contributed by atoms with Gasteiger partial charge in [-0.2, -0.15) is 0 Å². The fraction of sp³-hybridized carbons (Fsp3) is 0.409. The Morgan fingerprint density at radius 3 is 2.33 bits per heavy atom. The summed E-state index contributed by atoms with van der Waals surface area (Å²) in [7, 11) is 0. The molecule has 4 nitrogen and oxygen atoms in total. The molecule has 146 valence electrons. The molecule has 0 unspecified atom stereocenters. The Hall–Kier alpha value is -2.27. The Morgan fingerprint density at radius 1 is 1.00 bits per heavy atom. The molecule has 0 radical (unpaired) electrons. The highest BCUT2D eigenvalue weighted by Gasteiger charge is 2.12. The molecule has 0 saturated carbocycles. The number of aryl methyl sites for hydroxylation is 1. The third-order valence-electron chi connectivity index (χ3n) is 4.13. The smallest absolute Gasteiger partial charge is 0.171 e. The van der Waals surface area contributed by atoms with E-state index in [1.54, 1.807) is 0 Å². The first-order valence-electron chi connectivity index (χ1n) is 9.57. The minimum Gasteiger partial charge on any atom is -0.490 e. The Kier molecular flexibility index (Phi) is 8.40. The van der Waals surface area contributed by atoms with Crippen LogP contribution < -0.4 is 20.1 Å². The molecule has 0 aromatic heterocycles. The molecule has 0 bridgehead atoms. The molecule has 0 heterocycles. The van der Waals surface area contributed by atoms with E-state index in [-0.39, 0.29) is 6.04 Å². The van der Waals surface area contributed by atoms with Crippen molar-refractivity contribution in [3.05, 3.63) is 53.6 Å². The summed E-state index contributed by atoms with van der Waals surface area (Å²) in [5.74, 6) is 1.58. The van der Waals surface area contributed by atoms with Crippen LogP contribution in [-0.2, 0) is 0 Å². The van der Waals surface area contributed by atoms with Gasteiger partial charge in [-0.25, -0.2) is 0 Å². The van der Waals surface area contributed by atoms with Crippen LogP contribution >= 0.6 is 12.2 Å². The third kappa shape index (κ3) is 6.43. The summed E-state index contributed by atoms with van der Waals surface area (Å²) in [4.78, 5) is 0. The largest absolute Gasteiger partial charge is 0.490 e. The molecule has 0 aliphatic heterocycles. The lowest BCUT2D eigenvalue weighted by atomic mass is 10.1. The maximum atomic E-state index is 5.89. The first-order chi connectivity index (χ1) is 13.0. The SMILES string of the molecule is CCCOc1ccc([C@H](C)NC(=S)Nc2ccccc2C)cc1OCCC. The minimum absolute atomic E-state index is 0.0400. The first kappa shape index (κ1) is 21.0. The van der Waals surface area contributed by atoms with Gasteiger partial charge in [-0.15, -0.1) is 0 Å². The van der Waals surface area contributed by atoms with E-state index in [2.05, 4.69) is 50.5 Å². The van der Waals surface area contributed by atoms with Gasteiger partial charge in [-0.3, -0.25) is 0 Å². The van der Waals surface area contributed by atoms with Gasteiger partial charge in [0.05, 0.1) is 19.3 Å². The van der Waals surface area contributed by atoms with Crippen LogP contribution in [0.3, 0.4) is 0 Å². The highest BCUT2D eigenvalue weighted by atomic mass is 32.1. The van der Waals surface area contributed by atoms with Crippen molar-refractivity contribution in [1.82, 2.24) is 5.32 Å². The maximum absolute atomic E-state index is 5.89. The van der Waals surface area contributed by atoms with Crippen molar-refractivity contribution < 1.29 is 9.47 Å². The van der Waals surface area contributed by atoms with Crippen molar-refractivity contribution in [2.45, 2.75) is 46.6 Å². The van der Waals surface area contributed by atoms with E-state index in [0.717, 1.165) is 41.2 Å². The molecule has 0 saturated heterocycles. The van der Waals surface area contributed by atoms with Crippen LogP contribution in [0.15, 0.2) is 42.5 Å². The maximum Gasteiger partial charge on any atom is 0.171 e. The summed E-state index contributed by atoms with van der Waals surface area (Å²) < 4.78 is 11.7. The van der Waals surface area contributed by atoms with Crippen molar-refractivity contribution in [3.8, 4) is 11.5 Å². The number of thiocarbonyl (C=S) groups is 1. The van der Waals surface area contributed by atoms with Gasteiger partial charge < -0.3 is 20.1 Å². The molecule has 0 aliphatic carbocycles. The standard InChI is InChI=1S/C22H30N2O2S/c1-5-13-25-20-12-11-18(15-21(20)26-14-6-2)17(4)23-22(27)24-19-10-8-7-9-16(19)3/h7-12,15,17H,5-6,13-14H2,1-4H3,(H2,23,24,27)/t17-/m0/s1. The number of benzene rings is 2. The number of para-hydroxylation sites is 1. The van der Waals surface area contributed by atoms with Gasteiger partial charge in [0.15, 0.2) is 16.6 Å². The van der Waals surface area contributed by atoms with E-state index in [9.17, 15) is 0 Å². The second kappa shape index (κ2) is 10.8. The second-order valence-electron chi connectivity index (χ2n) is 6.54. The summed E-state index contributed by atoms with van der Waals surface area (Å²) >= 11 is 5.48. The van der Waals surface area contributed by atoms with E-state index in [1.165, 1.54) is 0 Å². The topological polar surface area (TPSA) is 42.5 Å². The Balaban J connectivity index is 2.06. The quantitative estimate of drug-likeness (QED) is 0.548. The lowest BCUT2D eigenvalue weighted by molar-refractivity contribution is 0.268. The first-order valence-corrected chi connectivity index (χ1v) is 9.98. The predicted octanol–water partition coefficient (Wildman–Crippen LogP) is 5.62. The van der Waals surface area contributed by atoms with E-state index in [4.69, 9.17) is 21.7 Å². The van der Waals surface area contributed by atoms with Gasteiger partial charge in [-0.1, -0.05) is 38.1 Å². The average Bonchev–Trinajstić information content (AvgIpc) is 2.66. The van der Waals surface area contributed by atoms with Gasteiger partial charge in [0.2, 0.25) is 0 Å². The van der Waals surface area contributed by atoms with Crippen molar-refractivity contribution >= 4 is 23.0 Å². The Labute approximate surface area is 168 Å². The molecule has 5 heteroatoms. The van der Waals surface area contributed by atoms with Crippen molar-refractivity contribution in [2.75, 3.05) is 18.5 Å². The monoisotopic (exact) mass is 386 g/mol. The van der Waals surface area contributed by atoms with Crippen molar-refractivity contribution in [1.29, 1.82) is 0 Å². The van der Waals surface area contributed by atoms with E-state index >= 15 is 0 Å². The Morgan fingerprint density at radius 2 is 1.67 bits per heavy atom. The molecular weight excluding hydrogens is 356 g/mol. The molecule has 27 heavy (non-hydrogen) atoms. The number of hydrogen-bond donors (Lipinski definition) is 2. The molecule has 1 atom stereocenters. The fourth-order valence-electron chi connectivity index (χ4n) is 2.60. The van der Waals surface area contributed by atoms with Gasteiger partial charge in [0.25, 0.3) is 0 Å². The highest BCUT2D eigenvalue weighted by molar-refractivity contribution is 7.80. The number of nitrogens with one attached hydrogen (secondary N) is 2. The van der Waals surface area contributed by atoms with E-state index in [0.29, 0.717) is 18.3 Å². The van der Waals surface area contributed by atoms with Gasteiger partial charge >= 0.3 is 0 Å². The number of ether oxygens (including phenoxy) is 2. The van der Waals surface area contributed by atoms with Gasteiger partial charge in [0, 0.05) is 5.69 Å².